The van der Waals surface area contributed by atoms with Crippen LogP contribution in [0.15, 0.2) is 21.3 Å². The van der Waals surface area contributed by atoms with E-state index in [4.69, 9.17) is 10.3 Å². The van der Waals surface area contributed by atoms with Crippen molar-refractivity contribution in [3.8, 4) is 11.4 Å². The lowest BCUT2D eigenvalue weighted by molar-refractivity contribution is -0.121. The summed E-state index contributed by atoms with van der Waals surface area (Å²) < 4.78 is 5.11. The quantitative estimate of drug-likeness (QED) is 0.757. The summed E-state index contributed by atoms with van der Waals surface area (Å²) in [7, 11) is 0. The number of nitrogens with one attached hydrogen (secondary N) is 1. The molecule has 2 heterocycles. The molecular weight excluding hydrogens is 300 g/mol. The molecule has 1 amide bonds. The van der Waals surface area contributed by atoms with Gasteiger partial charge in [0, 0.05) is 30.3 Å². The first-order valence-corrected chi connectivity index (χ1v) is 7.06. The molecule has 0 unspecified atom stereocenters. The highest BCUT2D eigenvalue weighted by Crippen LogP contribution is 2.18. The molecule has 0 aliphatic carbocycles. The zero-order valence-electron chi connectivity index (χ0n) is 10.9. The fraction of sp³-hybridized carbons (Fsp3) is 0.417. The molecule has 2 aromatic rings. The fourth-order valence-electron chi connectivity index (χ4n) is 1.50. The van der Waals surface area contributed by atoms with E-state index in [1.54, 1.807) is 11.3 Å². The van der Waals surface area contributed by atoms with Gasteiger partial charge in [-0.25, -0.2) is 0 Å². The molecule has 2 aromatic heterocycles. The first kappa shape index (κ1) is 16.6. The van der Waals surface area contributed by atoms with E-state index in [-0.39, 0.29) is 18.3 Å². The predicted octanol–water partition coefficient (Wildman–Crippen LogP) is 1.62. The Morgan fingerprint density at radius 2 is 2.35 bits per heavy atom. The lowest BCUT2D eigenvalue weighted by atomic mass is 10.3. The Bertz CT molecular complexity index is 515. The van der Waals surface area contributed by atoms with E-state index in [1.807, 2.05) is 16.8 Å². The number of rotatable bonds is 7. The van der Waals surface area contributed by atoms with Crippen LogP contribution in [0.1, 0.15) is 18.7 Å². The van der Waals surface area contributed by atoms with Crippen molar-refractivity contribution in [1.29, 1.82) is 0 Å². The number of aromatic nitrogens is 2. The molecule has 0 aromatic carbocycles. The highest BCUT2D eigenvalue weighted by Gasteiger charge is 2.10. The maximum atomic E-state index is 11.5. The topological polar surface area (TPSA) is 94.0 Å². The van der Waals surface area contributed by atoms with E-state index in [9.17, 15) is 4.79 Å². The third kappa shape index (κ3) is 4.92. The van der Waals surface area contributed by atoms with Gasteiger partial charge in [-0.1, -0.05) is 5.16 Å². The molecule has 0 saturated heterocycles. The second-order valence-electron chi connectivity index (χ2n) is 4.02. The van der Waals surface area contributed by atoms with Crippen molar-refractivity contribution in [2.45, 2.75) is 19.3 Å². The van der Waals surface area contributed by atoms with Crippen LogP contribution in [0.25, 0.3) is 11.4 Å². The predicted molar refractivity (Wildman–Crippen MR) is 79.9 cm³/mol. The fourth-order valence-corrected chi connectivity index (χ4v) is 2.14. The van der Waals surface area contributed by atoms with Crippen LogP contribution in [-0.4, -0.2) is 29.1 Å². The van der Waals surface area contributed by atoms with Crippen molar-refractivity contribution in [2.75, 3.05) is 13.1 Å². The summed E-state index contributed by atoms with van der Waals surface area (Å²) >= 11 is 1.58. The van der Waals surface area contributed by atoms with Gasteiger partial charge >= 0.3 is 0 Å². The van der Waals surface area contributed by atoms with E-state index in [0.717, 1.165) is 12.0 Å². The van der Waals surface area contributed by atoms with E-state index in [0.29, 0.717) is 37.6 Å². The summed E-state index contributed by atoms with van der Waals surface area (Å²) in [4.78, 5) is 15.7. The Kier molecular flexibility index (Phi) is 7.21. The van der Waals surface area contributed by atoms with Crippen LogP contribution < -0.4 is 11.1 Å². The van der Waals surface area contributed by atoms with Crippen LogP contribution in [0.4, 0.5) is 0 Å². The smallest absolute Gasteiger partial charge is 0.227 e. The molecule has 0 saturated carbocycles. The lowest BCUT2D eigenvalue weighted by Gasteiger charge is -2.01. The third-order valence-electron chi connectivity index (χ3n) is 2.52. The van der Waals surface area contributed by atoms with Crippen LogP contribution in [0.5, 0.6) is 0 Å². The van der Waals surface area contributed by atoms with Gasteiger partial charge in [-0.05, 0) is 24.4 Å². The molecule has 0 radical (unpaired) electrons. The number of thiophene rings is 1. The Morgan fingerprint density at radius 1 is 1.50 bits per heavy atom. The highest BCUT2D eigenvalue weighted by atomic mass is 35.5. The third-order valence-corrected chi connectivity index (χ3v) is 3.20. The van der Waals surface area contributed by atoms with Gasteiger partial charge in [-0.15, -0.1) is 12.4 Å². The van der Waals surface area contributed by atoms with Gasteiger partial charge < -0.3 is 15.6 Å². The van der Waals surface area contributed by atoms with Crippen molar-refractivity contribution in [1.82, 2.24) is 15.5 Å². The van der Waals surface area contributed by atoms with E-state index in [1.165, 1.54) is 0 Å². The number of hydrogen-bond donors (Lipinski definition) is 2. The first-order chi connectivity index (χ1) is 9.29. The minimum Gasteiger partial charge on any atom is -0.356 e. The van der Waals surface area contributed by atoms with E-state index >= 15 is 0 Å². The first-order valence-electron chi connectivity index (χ1n) is 6.11. The number of nitrogens with two attached hydrogens (primary N) is 1. The average molecular weight is 317 g/mol. The molecule has 20 heavy (non-hydrogen) atoms. The Hall–Kier alpha value is -1.44. The summed E-state index contributed by atoms with van der Waals surface area (Å²) in [5.74, 6) is 1.03. The van der Waals surface area contributed by atoms with Crippen molar-refractivity contribution >= 4 is 29.7 Å². The number of carbonyl (C=O) groups is 1. The number of amides is 1. The Labute approximate surface area is 127 Å². The minimum atomic E-state index is -0.0243. The SMILES string of the molecule is Cl.NCCCNC(=O)CCc1nc(-c2ccsc2)no1. The average Bonchev–Trinajstić information content (AvgIpc) is 3.07. The Balaban J connectivity index is 0.00000200. The number of halogens is 1. The molecule has 0 bridgehead atoms. The standard InChI is InChI=1S/C12H16N4O2S.ClH/c13-5-1-6-14-10(17)2-3-11-15-12(16-18-11)9-4-7-19-8-9;/h4,7-8H,1-3,5-6,13H2,(H,14,17);1H. The van der Waals surface area contributed by atoms with Gasteiger partial charge in [-0.3, -0.25) is 4.79 Å². The zero-order valence-corrected chi connectivity index (χ0v) is 12.5. The van der Waals surface area contributed by atoms with Crippen LogP contribution in [0.2, 0.25) is 0 Å². The van der Waals surface area contributed by atoms with Crippen LogP contribution in [0, 0.1) is 0 Å². The molecule has 110 valence electrons. The molecule has 3 N–H and O–H groups in total. The summed E-state index contributed by atoms with van der Waals surface area (Å²) in [6.45, 7) is 1.19. The highest BCUT2D eigenvalue weighted by molar-refractivity contribution is 7.08. The molecule has 0 aliphatic heterocycles. The van der Waals surface area contributed by atoms with Gasteiger partial charge in [-0.2, -0.15) is 16.3 Å². The maximum Gasteiger partial charge on any atom is 0.227 e. The molecule has 0 fully saturated rings. The summed E-state index contributed by atoms with van der Waals surface area (Å²) in [6, 6.07) is 1.93. The van der Waals surface area contributed by atoms with Crippen molar-refractivity contribution in [3.05, 3.63) is 22.7 Å². The number of hydrogen-bond acceptors (Lipinski definition) is 6. The van der Waals surface area contributed by atoms with Crippen LogP contribution in [-0.2, 0) is 11.2 Å². The number of nitrogens with zero attached hydrogens (tertiary/aromatic N) is 2. The lowest BCUT2D eigenvalue weighted by Crippen LogP contribution is -2.26. The van der Waals surface area contributed by atoms with Gasteiger partial charge in [0.1, 0.15) is 0 Å². The second-order valence-corrected chi connectivity index (χ2v) is 4.80. The molecular formula is C12H17ClN4O2S. The van der Waals surface area contributed by atoms with Crippen LogP contribution >= 0.6 is 23.7 Å². The zero-order chi connectivity index (χ0) is 13.5. The molecule has 2 rings (SSSR count). The Morgan fingerprint density at radius 3 is 3.05 bits per heavy atom. The van der Waals surface area contributed by atoms with Crippen molar-refractivity contribution in [2.24, 2.45) is 5.73 Å². The minimum absolute atomic E-state index is 0. The largest absolute Gasteiger partial charge is 0.356 e. The van der Waals surface area contributed by atoms with E-state index < -0.39 is 0 Å². The van der Waals surface area contributed by atoms with Crippen LogP contribution in [0.3, 0.4) is 0 Å². The molecule has 0 atom stereocenters. The van der Waals surface area contributed by atoms with Gasteiger partial charge in [0.25, 0.3) is 0 Å². The van der Waals surface area contributed by atoms with Gasteiger partial charge in [0.15, 0.2) is 0 Å². The summed E-state index contributed by atoms with van der Waals surface area (Å²) in [6.07, 6.45) is 1.58. The van der Waals surface area contributed by atoms with Crippen molar-refractivity contribution < 1.29 is 9.32 Å². The van der Waals surface area contributed by atoms with Crippen molar-refractivity contribution in [3.63, 3.8) is 0 Å². The summed E-state index contributed by atoms with van der Waals surface area (Å²) in [5.41, 5.74) is 6.28. The maximum absolute atomic E-state index is 11.5. The second kappa shape index (κ2) is 8.68. The van der Waals surface area contributed by atoms with E-state index in [2.05, 4.69) is 15.5 Å². The molecule has 0 spiro atoms. The van der Waals surface area contributed by atoms with Gasteiger partial charge in [0.2, 0.25) is 17.6 Å². The number of carbonyl (C=O) groups excluding carboxylic acids is 1. The summed E-state index contributed by atoms with van der Waals surface area (Å²) in [5, 5.41) is 10.6. The normalized spacial score (nSPS) is 10.1. The molecule has 6 nitrogen and oxygen atoms in total. The molecule has 8 heteroatoms. The number of aryl methyl sites for hydroxylation is 1. The molecule has 0 aliphatic rings. The monoisotopic (exact) mass is 316 g/mol. The van der Waals surface area contributed by atoms with Gasteiger partial charge in [0.05, 0.1) is 0 Å².